The Morgan fingerprint density at radius 2 is 2.05 bits per heavy atom. The number of nitrogens with zero attached hydrogens (tertiary/aromatic N) is 1. The van der Waals surface area contributed by atoms with Crippen molar-refractivity contribution in [2.75, 3.05) is 18.9 Å². The SMILES string of the molecule is CN(CC(=O)Nc1ccc(C(N)=S)cc1)Cc1ccsc1. The number of anilines is 1. The largest absolute Gasteiger partial charge is 0.389 e. The molecule has 2 aromatic rings. The molecule has 21 heavy (non-hydrogen) atoms. The topological polar surface area (TPSA) is 58.4 Å². The number of carbonyl (C=O) groups is 1. The highest BCUT2D eigenvalue weighted by atomic mass is 32.1. The molecule has 0 spiro atoms. The zero-order valence-electron chi connectivity index (χ0n) is 11.7. The lowest BCUT2D eigenvalue weighted by Crippen LogP contribution is -2.29. The Bertz CT molecular complexity index is 608. The zero-order chi connectivity index (χ0) is 15.2. The summed E-state index contributed by atoms with van der Waals surface area (Å²) in [7, 11) is 1.92. The van der Waals surface area contributed by atoms with Crippen molar-refractivity contribution < 1.29 is 4.79 Å². The monoisotopic (exact) mass is 319 g/mol. The molecule has 0 bridgehead atoms. The Labute approximate surface area is 133 Å². The molecular formula is C15H17N3OS2. The summed E-state index contributed by atoms with van der Waals surface area (Å²) < 4.78 is 0. The molecule has 0 aliphatic heterocycles. The van der Waals surface area contributed by atoms with Crippen LogP contribution in [0.2, 0.25) is 0 Å². The molecular weight excluding hydrogens is 302 g/mol. The van der Waals surface area contributed by atoms with E-state index < -0.39 is 0 Å². The van der Waals surface area contributed by atoms with Crippen LogP contribution in [0.15, 0.2) is 41.1 Å². The van der Waals surface area contributed by atoms with Gasteiger partial charge < -0.3 is 11.1 Å². The Morgan fingerprint density at radius 1 is 1.33 bits per heavy atom. The molecule has 0 saturated heterocycles. The molecule has 0 saturated carbocycles. The number of thiophene rings is 1. The van der Waals surface area contributed by atoms with Crippen LogP contribution in [0.4, 0.5) is 5.69 Å². The number of hydrogen-bond acceptors (Lipinski definition) is 4. The maximum atomic E-state index is 12.0. The highest BCUT2D eigenvalue weighted by Crippen LogP contribution is 2.11. The summed E-state index contributed by atoms with van der Waals surface area (Å²) in [5.41, 5.74) is 8.28. The van der Waals surface area contributed by atoms with Gasteiger partial charge in [-0.05, 0) is 53.7 Å². The van der Waals surface area contributed by atoms with Crippen LogP contribution in [0.1, 0.15) is 11.1 Å². The van der Waals surface area contributed by atoms with Gasteiger partial charge in [0.1, 0.15) is 4.99 Å². The highest BCUT2D eigenvalue weighted by molar-refractivity contribution is 7.80. The lowest BCUT2D eigenvalue weighted by molar-refractivity contribution is -0.117. The average molecular weight is 319 g/mol. The second-order valence-corrected chi connectivity index (χ2v) is 6.01. The predicted molar refractivity (Wildman–Crippen MR) is 91.6 cm³/mol. The van der Waals surface area contributed by atoms with E-state index in [0.717, 1.165) is 17.8 Å². The van der Waals surface area contributed by atoms with Crippen molar-refractivity contribution in [1.29, 1.82) is 0 Å². The van der Waals surface area contributed by atoms with Crippen LogP contribution in [0.3, 0.4) is 0 Å². The summed E-state index contributed by atoms with van der Waals surface area (Å²) in [5, 5.41) is 6.98. The number of benzene rings is 1. The first-order valence-electron chi connectivity index (χ1n) is 6.44. The van der Waals surface area contributed by atoms with Gasteiger partial charge in [-0.25, -0.2) is 0 Å². The molecule has 0 atom stereocenters. The predicted octanol–water partition coefficient (Wildman–Crippen LogP) is 2.45. The molecule has 2 rings (SSSR count). The number of hydrogen-bond donors (Lipinski definition) is 2. The summed E-state index contributed by atoms with van der Waals surface area (Å²) in [6.07, 6.45) is 0. The number of likely N-dealkylation sites (N-methyl/N-ethyl adjacent to an activating group) is 1. The minimum absolute atomic E-state index is 0.0456. The van der Waals surface area contributed by atoms with E-state index in [1.54, 1.807) is 35.6 Å². The van der Waals surface area contributed by atoms with Gasteiger partial charge in [0, 0.05) is 17.8 Å². The summed E-state index contributed by atoms with van der Waals surface area (Å²) in [6, 6.07) is 9.25. The number of nitrogens with one attached hydrogen (secondary N) is 1. The van der Waals surface area contributed by atoms with Crippen LogP contribution < -0.4 is 11.1 Å². The molecule has 0 fully saturated rings. The maximum Gasteiger partial charge on any atom is 0.238 e. The third-order valence-electron chi connectivity index (χ3n) is 2.90. The van der Waals surface area contributed by atoms with E-state index in [2.05, 4.69) is 16.8 Å². The fourth-order valence-electron chi connectivity index (χ4n) is 1.91. The van der Waals surface area contributed by atoms with Gasteiger partial charge in [-0.1, -0.05) is 12.2 Å². The van der Waals surface area contributed by atoms with Gasteiger partial charge in [-0.2, -0.15) is 11.3 Å². The maximum absolute atomic E-state index is 12.0. The molecule has 1 amide bonds. The standard InChI is InChI=1S/C15H17N3OS2/c1-18(8-11-6-7-21-10-11)9-14(19)17-13-4-2-12(3-5-13)15(16)20/h2-7,10H,8-9H2,1H3,(H2,16,20)(H,17,19). The quantitative estimate of drug-likeness (QED) is 0.803. The van der Waals surface area contributed by atoms with Gasteiger partial charge in [0.25, 0.3) is 0 Å². The van der Waals surface area contributed by atoms with Crippen LogP contribution in [-0.2, 0) is 11.3 Å². The van der Waals surface area contributed by atoms with Crippen molar-refractivity contribution in [3.63, 3.8) is 0 Å². The Kier molecular flexibility index (Phi) is 5.44. The molecule has 0 aliphatic carbocycles. The molecule has 0 unspecified atom stereocenters. The minimum atomic E-state index is -0.0456. The van der Waals surface area contributed by atoms with Crippen molar-refractivity contribution >= 4 is 40.1 Å². The number of thiocarbonyl (C=S) groups is 1. The molecule has 6 heteroatoms. The second kappa shape index (κ2) is 7.31. The lowest BCUT2D eigenvalue weighted by Gasteiger charge is -2.15. The molecule has 1 heterocycles. The molecule has 110 valence electrons. The number of nitrogens with two attached hydrogens (primary N) is 1. The van der Waals surface area contributed by atoms with E-state index >= 15 is 0 Å². The van der Waals surface area contributed by atoms with Crippen LogP contribution in [0, 0.1) is 0 Å². The van der Waals surface area contributed by atoms with Crippen LogP contribution in [-0.4, -0.2) is 29.4 Å². The lowest BCUT2D eigenvalue weighted by atomic mass is 10.2. The Balaban J connectivity index is 1.84. The first kappa shape index (κ1) is 15.6. The first-order valence-corrected chi connectivity index (χ1v) is 7.79. The van der Waals surface area contributed by atoms with Crippen LogP contribution in [0.25, 0.3) is 0 Å². The normalized spacial score (nSPS) is 10.6. The summed E-state index contributed by atoms with van der Waals surface area (Å²) in [4.78, 5) is 14.3. The third-order valence-corrected chi connectivity index (χ3v) is 3.87. The minimum Gasteiger partial charge on any atom is -0.389 e. The third kappa shape index (κ3) is 4.93. The number of amides is 1. The van der Waals surface area contributed by atoms with Crippen molar-refractivity contribution in [1.82, 2.24) is 4.90 Å². The number of carbonyl (C=O) groups excluding carboxylic acids is 1. The second-order valence-electron chi connectivity index (χ2n) is 4.79. The fraction of sp³-hybridized carbons (Fsp3) is 0.200. The van der Waals surface area contributed by atoms with Gasteiger partial charge in [0.15, 0.2) is 0 Å². The first-order chi connectivity index (χ1) is 10.0. The summed E-state index contributed by atoms with van der Waals surface area (Å²) >= 11 is 6.55. The van der Waals surface area contributed by atoms with Crippen molar-refractivity contribution in [3.05, 3.63) is 52.2 Å². The van der Waals surface area contributed by atoms with Gasteiger partial charge in [-0.3, -0.25) is 9.69 Å². The van der Waals surface area contributed by atoms with E-state index in [4.69, 9.17) is 18.0 Å². The van der Waals surface area contributed by atoms with Gasteiger partial charge in [0.05, 0.1) is 6.54 Å². The Morgan fingerprint density at radius 3 is 2.62 bits per heavy atom. The molecule has 1 aromatic carbocycles. The summed E-state index contributed by atoms with van der Waals surface area (Å²) in [5.74, 6) is -0.0456. The van der Waals surface area contributed by atoms with Crippen LogP contribution in [0.5, 0.6) is 0 Å². The molecule has 1 aromatic heterocycles. The Hall–Kier alpha value is -1.76. The molecule has 4 nitrogen and oxygen atoms in total. The summed E-state index contributed by atoms with van der Waals surface area (Å²) in [6.45, 7) is 1.10. The molecule has 0 radical (unpaired) electrons. The molecule has 3 N–H and O–H groups in total. The van der Waals surface area contributed by atoms with Gasteiger partial charge in [-0.15, -0.1) is 0 Å². The average Bonchev–Trinajstić information content (AvgIpc) is 2.91. The van der Waals surface area contributed by atoms with E-state index in [9.17, 15) is 4.79 Å². The van der Waals surface area contributed by atoms with Crippen molar-refractivity contribution in [3.8, 4) is 0 Å². The van der Waals surface area contributed by atoms with Crippen molar-refractivity contribution in [2.24, 2.45) is 5.73 Å². The van der Waals surface area contributed by atoms with Crippen LogP contribution >= 0.6 is 23.6 Å². The van der Waals surface area contributed by atoms with Crippen molar-refractivity contribution in [2.45, 2.75) is 6.54 Å². The molecule has 0 aliphatic rings. The van der Waals surface area contributed by atoms with E-state index in [1.165, 1.54) is 5.56 Å². The fourth-order valence-corrected chi connectivity index (χ4v) is 2.71. The van der Waals surface area contributed by atoms with E-state index in [1.807, 2.05) is 17.3 Å². The smallest absolute Gasteiger partial charge is 0.238 e. The highest BCUT2D eigenvalue weighted by Gasteiger charge is 2.08. The van der Waals surface area contributed by atoms with E-state index in [0.29, 0.717) is 11.5 Å². The van der Waals surface area contributed by atoms with Gasteiger partial charge >= 0.3 is 0 Å². The number of rotatable bonds is 6. The van der Waals surface area contributed by atoms with Gasteiger partial charge in [0.2, 0.25) is 5.91 Å². The van der Waals surface area contributed by atoms with E-state index in [-0.39, 0.29) is 5.91 Å². The zero-order valence-corrected chi connectivity index (χ0v) is 13.3.